The van der Waals surface area contributed by atoms with E-state index in [4.69, 9.17) is 11.6 Å². The van der Waals surface area contributed by atoms with Crippen LogP contribution in [0.4, 0.5) is 10.1 Å². The Balaban J connectivity index is 2.24. The minimum Gasteiger partial charge on any atom is -0.469 e. The molecule has 18 heavy (non-hydrogen) atoms. The van der Waals surface area contributed by atoms with Gasteiger partial charge in [-0.1, -0.05) is 11.6 Å². The first-order valence-electron chi connectivity index (χ1n) is 5.36. The summed E-state index contributed by atoms with van der Waals surface area (Å²) >= 11 is 5.64. The van der Waals surface area contributed by atoms with Gasteiger partial charge in [-0.3, -0.25) is 9.59 Å². The molecule has 0 bridgehead atoms. The lowest BCUT2D eigenvalue weighted by Crippen LogP contribution is -2.27. The van der Waals surface area contributed by atoms with Crippen molar-refractivity contribution in [1.29, 1.82) is 0 Å². The molecule has 6 heteroatoms. The van der Waals surface area contributed by atoms with Gasteiger partial charge in [-0.25, -0.2) is 4.39 Å². The Morgan fingerprint density at radius 2 is 2.28 bits per heavy atom. The number of nitrogens with zero attached hydrogens (tertiary/aromatic N) is 1. The van der Waals surface area contributed by atoms with E-state index < -0.39 is 17.7 Å². The van der Waals surface area contributed by atoms with E-state index in [0.717, 1.165) is 6.07 Å². The minimum atomic E-state index is -0.582. The molecule has 96 valence electrons. The molecule has 1 fully saturated rings. The summed E-state index contributed by atoms with van der Waals surface area (Å²) in [7, 11) is 1.26. The predicted molar refractivity (Wildman–Crippen MR) is 63.9 cm³/mol. The van der Waals surface area contributed by atoms with Gasteiger partial charge in [0.1, 0.15) is 5.82 Å². The topological polar surface area (TPSA) is 46.6 Å². The summed E-state index contributed by atoms with van der Waals surface area (Å²) in [5.74, 6) is -1.88. The number of rotatable bonds is 2. The maximum Gasteiger partial charge on any atom is 0.311 e. The second-order valence-corrected chi connectivity index (χ2v) is 4.46. The smallest absolute Gasteiger partial charge is 0.311 e. The van der Waals surface area contributed by atoms with Gasteiger partial charge in [-0.15, -0.1) is 0 Å². The Labute approximate surface area is 108 Å². The van der Waals surface area contributed by atoms with Crippen molar-refractivity contribution >= 4 is 29.2 Å². The first-order valence-corrected chi connectivity index (χ1v) is 5.74. The summed E-state index contributed by atoms with van der Waals surface area (Å²) < 4.78 is 18.3. The molecule has 1 aliphatic rings. The molecule has 0 radical (unpaired) electrons. The maximum atomic E-state index is 13.7. The third kappa shape index (κ3) is 2.31. The number of methoxy groups -OCH3 is 1. The van der Waals surface area contributed by atoms with Crippen LogP contribution in [0.3, 0.4) is 0 Å². The van der Waals surface area contributed by atoms with E-state index >= 15 is 0 Å². The number of carbonyl (C=O) groups is 2. The highest BCUT2D eigenvalue weighted by Gasteiger charge is 2.36. The van der Waals surface area contributed by atoms with Crippen molar-refractivity contribution in [1.82, 2.24) is 0 Å². The molecule has 2 rings (SSSR count). The van der Waals surface area contributed by atoms with Gasteiger partial charge < -0.3 is 9.64 Å². The molecule has 1 atom stereocenters. The van der Waals surface area contributed by atoms with E-state index in [0.29, 0.717) is 0 Å². The number of amides is 1. The molecule has 0 N–H and O–H groups in total. The summed E-state index contributed by atoms with van der Waals surface area (Å²) in [5.41, 5.74) is 0.135. The molecule has 1 amide bonds. The number of anilines is 1. The fourth-order valence-corrected chi connectivity index (χ4v) is 2.12. The fraction of sp³-hybridized carbons (Fsp3) is 0.333. The molecular weight excluding hydrogens is 261 g/mol. The molecule has 0 aliphatic carbocycles. The van der Waals surface area contributed by atoms with E-state index in [1.165, 1.54) is 24.1 Å². The van der Waals surface area contributed by atoms with Crippen LogP contribution in [0.5, 0.6) is 0 Å². The van der Waals surface area contributed by atoms with Gasteiger partial charge in [0.25, 0.3) is 0 Å². The molecule has 1 aromatic rings. The lowest BCUT2D eigenvalue weighted by molar-refractivity contribution is -0.145. The van der Waals surface area contributed by atoms with Gasteiger partial charge in [0, 0.05) is 18.0 Å². The van der Waals surface area contributed by atoms with Crippen molar-refractivity contribution in [2.75, 3.05) is 18.6 Å². The zero-order valence-corrected chi connectivity index (χ0v) is 10.4. The molecule has 0 spiro atoms. The van der Waals surface area contributed by atoms with Gasteiger partial charge in [-0.2, -0.15) is 0 Å². The first-order chi connectivity index (χ1) is 8.52. The van der Waals surface area contributed by atoms with Gasteiger partial charge in [0.15, 0.2) is 0 Å². The van der Waals surface area contributed by atoms with Crippen LogP contribution >= 0.6 is 11.6 Å². The van der Waals surface area contributed by atoms with Crippen molar-refractivity contribution in [2.45, 2.75) is 6.42 Å². The average molecular weight is 272 g/mol. The largest absolute Gasteiger partial charge is 0.469 e. The third-order valence-corrected chi connectivity index (χ3v) is 3.10. The Morgan fingerprint density at radius 3 is 2.89 bits per heavy atom. The lowest BCUT2D eigenvalue weighted by atomic mass is 10.1. The number of hydrogen-bond acceptors (Lipinski definition) is 3. The fourth-order valence-electron chi connectivity index (χ4n) is 1.97. The molecule has 1 unspecified atom stereocenters. The van der Waals surface area contributed by atoms with Crippen LogP contribution in [0.2, 0.25) is 5.02 Å². The summed E-state index contributed by atoms with van der Waals surface area (Å²) in [4.78, 5) is 24.4. The number of benzene rings is 1. The highest BCUT2D eigenvalue weighted by molar-refractivity contribution is 6.30. The van der Waals surface area contributed by atoms with Crippen molar-refractivity contribution in [3.63, 3.8) is 0 Å². The minimum absolute atomic E-state index is 0.0364. The van der Waals surface area contributed by atoms with Gasteiger partial charge in [0.05, 0.1) is 18.7 Å². The van der Waals surface area contributed by atoms with Crippen LogP contribution in [-0.2, 0) is 14.3 Å². The molecule has 1 heterocycles. The SMILES string of the molecule is COC(=O)C1CC(=O)N(c2ccc(Cl)cc2F)C1. The normalized spacial score (nSPS) is 19.2. The third-order valence-electron chi connectivity index (χ3n) is 2.86. The molecular formula is C12H11ClFNO3. The second-order valence-electron chi connectivity index (χ2n) is 4.02. The highest BCUT2D eigenvalue weighted by Crippen LogP contribution is 2.29. The van der Waals surface area contributed by atoms with E-state index in [1.807, 2.05) is 0 Å². The molecule has 0 saturated carbocycles. The van der Waals surface area contributed by atoms with E-state index in [9.17, 15) is 14.0 Å². The Morgan fingerprint density at radius 1 is 1.56 bits per heavy atom. The van der Waals surface area contributed by atoms with Crippen LogP contribution in [0.25, 0.3) is 0 Å². The number of ether oxygens (including phenoxy) is 1. The summed E-state index contributed by atoms with van der Waals surface area (Å²) in [6.45, 7) is 0.129. The van der Waals surface area contributed by atoms with Crippen molar-refractivity contribution in [2.24, 2.45) is 5.92 Å². The van der Waals surface area contributed by atoms with E-state index in [1.54, 1.807) is 0 Å². The number of esters is 1. The number of carbonyl (C=O) groups excluding carboxylic acids is 2. The maximum absolute atomic E-state index is 13.7. The molecule has 1 aliphatic heterocycles. The predicted octanol–water partition coefficient (Wildman–Crippen LogP) is 2.00. The summed E-state index contributed by atoms with van der Waals surface area (Å²) in [5, 5.41) is 0.257. The Bertz CT molecular complexity index is 506. The number of halogens is 2. The molecule has 4 nitrogen and oxygen atoms in total. The number of hydrogen-bond donors (Lipinski definition) is 0. The van der Waals surface area contributed by atoms with Crippen LogP contribution in [-0.4, -0.2) is 25.5 Å². The van der Waals surface area contributed by atoms with Crippen molar-refractivity contribution < 1.29 is 18.7 Å². The van der Waals surface area contributed by atoms with Crippen LogP contribution in [0.15, 0.2) is 18.2 Å². The average Bonchev–Trinajstić information content (AvgIpc) is 2.70. The highest BCUT2D eigenvalue weighted by atomic mass is 35.5. The molecule has 1 saturated heterocycles. The Hall–Kier alpha value is -1.62. The van der Waals surface area contributed by atoms with Gasteiger partial charge >= 0.3 is 5.97 Å². The molecule has 1 aromatic carbocycles. The van der Waals surface area contributed by atoms with Gasteiger partial charge in [-0.05, 0) is 18.2 Å². The second kappa shape index (κ2) is 4.94. The monoisotopic (exact) mass is 271 g/mol. The van der Waals surface area contributed by atoms with E-state index in [-0.39, 0.29) is 29.6 Å². The molecule has 0 aromatic heterocycles. The zero-order valence-electron chi connectivity index (χ0n) is 9.65. The quantitative estimate of drug-likeness (QED) is 0.773. The zero-order chi connectivity index (χ0) is 13.3. The summed E-state index contributed by atoms with van der Waals surface area (Å²) in [6, 6.07) is 4.06. The Kier molecular flexibility index (Phi) is 3.52. The summed E-state index contributed by atoms with van der Waals surface area (Å²) in [6.07, 6.45) is 0.0364. The van der Waals surface area contributed by atoms with Gasteiger partial charge in [0.2, 0.25) is 5.91 Å². The van der Waals surface area contributed by atoms with Crippen LogP contribution < -0.4 is 4.90 Å². The first kappa shape index (κ1) is 12.8. The van der Waals surface area contributed by atoms with Crippen molar-refractivity contribution in [3.05, 3.63) is 29.0 Å². The standard InChI is InChI=1S/C12H11ClFNO3/c1-18-12(17)7-4-11(16)15(6-7)10-3-2-8(13)5-9(10)14/h2-3,5,7H,4,6H2,1H3. The van der Waals surface area contributed by atoms with Crippen LogP contribution in [0, 0.1) is 11.7 Å². The lowest BCUT2D eigenvalue weighted by Gasteiger charge is -2.17. The van der Waals surface area contributed by atoms with Crippen LogP contribution in [0.1, 0.15) is 6.42 Å². The van der Waals surface area contributed by atoms with E-state index in [2.05, 4.69) is 4.74 Å². The van der Waals surface area contributed by atoms with Crippen molar-refractivity contribution in [3.8, 4) is 0 Å².